The maximum absolute atomic E-state index is 11.4. The molecule has 4 nitrogen and oxygen atoms in total. The minimum absolute atomic E-state index is 0.342. The molecule has 0 saturated carbocycles. The van der Waals surface area contributed by atoms with E-state index in [1.165, 1.54) is 22.4 Å². The first-order chi connectivity index (χ1) is 9.25. The van der Waals surface area contributed by atoms with Gasteiger partial charge in [0.1, 0.15) is 0 Å². The van der Waals surface area contributed by atoms with Gasteiger partial charge in [-0.1, -0.05) is 44.2 Å². The summed E-state index contributed by atoms with van der Waals surface area (Å²) in [6.45, 7) is 4.62. The fourth-order valence-electron chi connectivity index (χ4n) is 1.72. The van der Waals surface area contributed by atoms with Gasteiger partial charge in [-0.2, -0.15) is 0 Å². The first kappa shape index (κ1) is 15.0. The lowest BCUT2D eigenvalue weighted by Gasteiger charge is -2.04. The Morgan fingerprint density at radius 1 is 1.05 bits per heavy atom. The molecule has 1 N–H and O–H groups in total. The summed E-state index contributed by atoms with van der Waals surface area (Å²) in [4.78, 5) is 24.5. The van der Waals surface area contributed by atoms with Gasteiger partial charge in [-0.05, 0) is 18.4 Å². The molecule has 0 aliphatic rings. The summed E-state index contributed by atoms with van der Waals surface area (Å²) < 4.78 is 1.52. The van der Waals surface area contributed by atoms with Crippen LogP contribution in [0.25, 0.3) is 0 Å². The van der Waals surface area contributed by atoms with Crippen molar-refractivity contribution in [2.75, 3.05) is 0 Å². The zero-order valence-electron chi connectivity index (χ0n) is 11.4. The smallest absolute Gasteiger partial charge is 0.301 e. The molecule has 0 aliphatic heterocycles. The zero-order valence-corrected chi connectivity index (χ0v) is 11.4. The highest BCUT2D eigenvalue weighted by Crippen LogP contribution is 2.02. The van der Waals surface area contributed by atoms with E-state index in [9.17, 15) is 9.59 Å². The van der Waals surface area contributed by atoms with E-state index in [0.29, 0.717) is 6.54 Å². The maximum Gasteiger partial charge on any atom is 0.328 e. The number of nitrogens with zero attached hydrogens (tertiary/aromatic N) is 1. The van der Waals surface area contributed by atoms with Gasteiger partial charge < -0.3 is 4.57 Å². The molecule has 1 aromatic carbocycles. The molecular formula is C15H20N2O2. The predicted octanol–water partition coefficient (Wildman–Crippen LogP) is 2.20. The van der Waals surface area contributed by atoms with Crippen LogP contribution in [0.2, 0.25) is 0 Å². The van der Waals surface area contributed by atoms with Crippen LogP contribution in [0, 0.1) is 0 Å². The second kappa shape index (κ2) is 8.08. The summed E-state index contributed by atoms with van der Waals surface area (Å²) >= 11 is 0. The Balaban J connectivity index is 0.000000861. The molecule has 0 amide bonds. The van der Waals surface area contributed by atoms with Crippen LogP contribution in [0.4, 0.5) is 0 Å². The van der Waals surface area contributed by atoms with Crippen LogP contribution in [0.1, 0.15) is 25.8 Å². The van der Waals surface area contributed by atoms with Crippen molar-refractivity contribution in [3.63, 3.8) is 0 Å². The predicted molar refractivity (Wildman–Crippen MR) is 77.4 cm³/mol. The standard InChI is InChI=1S/C13H14N2O2.C2H6/c16-12-8-10-15(13(17)14-12)9-4-7-11-5-2-1-3-6-11;1-2/h1-3,5-6,8,10H,4,7,9H2,(H,14,16,17);1-2H3. The van der Waals surface area contributed by atoms with Crippen LogP contribution in [0.3, 0.4) is 0 Å². The van der Waals surface area contributed by atoms with E-state index < -0.39 is 0 Å². The van der Waals surface area contributed by atoms with E-state index in [1.54, 1.807) is 0 Å². The monoisotopic (exact) mass is 260 g/mol. The molecule has 4 heteroatoms. The Morgan fingerprint density at radius 2 is 1.74 bits per heavy atom. The summed E-state index contributed by atoms with van der Waals surface area (Å²) in [6.07, 6.45) is 3.33. The Hall–Kier alpha value is -2.10. The highest BCUT2D eigenvalue weighted by atomic mass is 16.2. The van der Waals surface area contributed by atoms with Crippen molar-refractivity contribution in [3.8, 4) is 0 Å². The number of hydrogen-bond donors (Lipinski definition) is 1. The summed E-state index contributed by atoms with van der Waals surface area (Å²) in [5.41, 5.74) is 0.560. The topological polar surface area (TPSA) is 54.9 Å². The largest absolute Gasteiger partial charge is 0.328 e. The molecule has 2 aromatic rings. The molecule has 1 aromatic heterocycles. The number of hydrogen-bond acceptors (Lipinski definition) is 2. The van der Waals surface area contributed by atoms with Crippen LogP contribution in [-0.2, 0) is 13.0 Å². The normalized spacial score (nSPS) is 9.58. The lowest BCUT2D eigenvalue weighted by Crippen LogP contribution is -2.28. The average Bonchev–Trinajstić information content (AvgIpc) is 2.45. The molecule has 2 rings (SSSR count). The van der Waals surface area contributed by atoms with E-state index in [0.717, 1.165) is 12.8 Å². The van der Waals surface area contributed by atoms with Gasteiger partial charge in [0.05, 0.1) is 0 Å². The lowest BCUT2D eigenvalue weighted by atomic mass is 10.1. The van der Waals surface area contributed by atoms with E-state index in [1.807, 2.05) is 32.0 Å². The van der Waals surface area contributed by atoms with Gasteiger partial charge in [0.25, 0.3) is 5.56 Å². The third-order valence-electron chi connectivity index (χ3n) is 2.60. The maximum atomic E-state index is 11.4. The highest BCUT2D eigenvalue weighted by molar-refractivity contribution is 5.14. The van der Waals surface area contributed by atoms with Crippen molar-refractivity contribution >= 4 is 0 Å². The van der Waals surface area contributed by atoms with Crippen molar-refractivity contribution in [2.45, 2.75) is 33.2 Å². The van der Waals surface area contributed by atoms with Gasteiger partial charge in [0.2, 0.25) is 0 Å². The highest BCUT2D eigenvalue weighted by Gasteiger charge is 1.97. The van der Waals surface area contributed by atoms with E-state index in [4.69, 9.17) is 0 Å². The summed E-state index contributed by atoms with van der Waals surface area (Å²) in [7, 11) is 0. The Kier molecular flexibility index (Phi) is 6.36. The van der Waals surface area contributed by atoms with E-state index in [-0.39, 0.29) is 11.2 Å². The molecular weight excluding hydrogens is 240 g/mol. The van der Waals surface area contributed by atoms with Crippen LogP contribution in [-0.4, -0.2) is 9.55 Å². The van der Waals surface area contributed by atoms with Crippen molar-refractivity contribution in [2.24, 2.45) is 0 Å². The molecule has 19 heavy (non-hydrogen) atoms. The molecule has 0 aliphatic carbocycles. The van der Waals surface area contributed by atoms with Gasteiger partial charge in [0.15, 0.2) is 0 Å². The SMILES string of the molecule is CC.O=c1ccn(CCCc2ccccc2)c(=O)[nH]1. The van der Waals surface area contributed by atoms with Crippen LogP contribution in [0.15, 0.2) is 52.2 Å². The Morgan fingerprint density at radius 3 is 2.37 bits per heavy atom. The molecule has 0 atom stereocenters. The molecule has 102 valence electrons. The Labute approximate surface area is 112 Å². The number of H-pyrrole nitrogens is 1. The van der Waals surface area contributed by atoms with Gasteiger partial charge >= 0.3 is 5.69 Å². The summed E-state index contributed by atoms with van der Waals surface area (Å²) in [5, 5.41) is 0. The molecule has 0 unspecified atom stereocenters. The van der Waals surface area contributed by atoms with Gasteiger partial charge in [-0.15, -0.1) is 0 Å². The van der Waals surface area contributed by atoms with Crippen LogP contribution >= 0.6 is 0 Å². The minimum Gasteiger partial charge on any atom is -0.301 e. The molecule has 0 bridgehead atoms. The van der Waals surface area contributed by atoms with Gasteiger partial charge in [0, 0.05) is 18.8 Å². The van der Waals surface area contributed by atoms with Crippen LogP contribution in [0.5, 0.6) is 0 Å². The lowest BCUT2D eigenvalue weighted by molar-refractivity contribution is 0.605. The molecule has 0 radical (unpaired) electrons. The number of rotatable bonds is 4. The summed E-state index contributed by atoms with van der Waals surface area (Å²) in [6, 6.07) is 11.5. The van der Waals surface area contributed by atoms with Gasteiger partial charge in [-0.25, -0.2) is 4.79 Å². The number of aryl methyl sites for hydroxylation is 2. The minimum atomic E-state index is -0.352. The second-order valence-electron chi connectivity index (χ2n) is 3.89. The third kappa shape index (κ3) is 4.95. The molecule has 0 saturated heterocycles. The van der Waals surface area contributed by atoms with Gasteiger partial charge in [-0.3, -0.25) is 9.78 Å². The van der Waals surface area contributed by atoms with E-state index >= 15 is 0 Å². The fraction of sp³-hybridized carbons (Fsp3) is 0.333. The Bertz CT molecular complexity index is 585. The fourth-order valence-corrected chi connectivity index (χ4v) is 1.72. The quantitative estimate of drug-likeness (QED) is 0.916. The zero-order chi connectivity index (χ0) is 14.1. The van der Waals surface area contributed by atoms with Crippen molar-refractivity contribution in [1.82, 2.24) is 9.55 Å². The van der Waals surface area contributed by atoms with Crippen molar-refractivity contribution in [3.05, 3.63) is 69.0 Å². The molecule has 0 fully saturated rings. The first-order valence-corrected chi connectivity index (χ1v) is 6.59. The van der Waals surface area contributed by atoms with Crippen LogP contribution < -0.4 is 11.2 Å². The molecule has 0 spiro atoms. The number of benzene rings is 1. The van der Waals surface area contributed by atoms with E-state index in [2.05, 4.69) is 17.1 Å². The second-order valence-corrected chi connectivity index (χ2v) is 3.89. The van der Waals surface area contributed by atoms with Crippen molar-refractivity contribution in [1.29, 1.82) is 0 Å². The molecule has 1 heterocycles. The number of aromatic amines is 1. The first-order valence-electron chi connectivity index (χ1n) is 6.59. The number of aromatic nitrogens is 2. The third-order valence-corrected chi connectivity index (χ3v) is 2.60. The number of nitrogens with one attached hydrogen (secondary N) is 1. The van der Waals surface area contributed by atoms with Crippen molar-refractivity contribution < 1.29 is 0 Å². The summed E-state index contributed by atoms with van der Waals surface area (Å²) in [5.74, 6) is 0. The average molecular weight is 260 g/mol.